The third kappa shape index (κ3) is 4.17. The van der Waals surface area contributed by atoms with Crippen LogP contribution in [-0.4, -0.2) is 32.1 Å². The summed E-state index contributed by atoms with van der Waals surface area (Å²) in [6.07, 6.45) is -0.176. The predicted octanol–water partition coefficient (Wildman–Crippen LogP) is 2.83. The van der Waals surface area contributed by atoms with E-state index in [2.05, 4.69) is 10.6 Å². The fourth-order valence-electron chi connectivity index (χ4n) is 3.05. The molecule has 0 radical (unpaired) electrons. The highest BCUT2D eigenvalue weighted by Gasteiger charge is 2.29. The Morgan fingerprint density at radius 2 is 2.00 bits per heavy atom. The van der Waals surface area contributed by atoms with Crippen LogP contribution in [0.1, 0.15) is 24.5 Å². The van der Waals surface area contributed by atoms with Crippen LogP contribution in [-0.2, 0) is 19.4 Å². The second-order valence-electron chi connectivity index (χ2n) is 6.93. The molecular weight excluding hydrogens is 380 g/mol. The van der Waals surface area contributed by atoms with E-state index in [0.717, 1.165) is 5.56 Å². The summed E-state index contributed by atoms with van der Waals surface area (Å²) in [5.41, 5.74) is 2.55. The smallest absolute Gasteiger partial charge is 0.262 e. The third-order valence-electron chi connectivity index (χ3n) is 4.52. The zero-order chi connectivity index (χ0) is 20.5. The first kappa shape index (κ1) is 19.9. The maximum atomic E-state index is 13.0. The summed E-state index contributed by atoms with van der Waals surface area (Å²) in [5, 5.41) is 4.46. The molecule has 2 aromatic carbocycles. The van der Waals surface area contributed by atoms with E-state index in [9.17, 15) is 18.0 Å². The average Bonchev–Trinajstić information content (AvgIpc) is 2.60. The maximum Gasteiger partial charge on any atom is 0.262 e. The van der Waals surface area contributed by atoms with Gasteiger partial charge in [-0.15, -0.1) is 0 Å². The van der Waals surface area contributed by atoms with E-state index in [4.69, 9.17) is 4.74 Å². The van der Waals surface area contributed by atoms with Crippen LogP contribution in [0.5, 0.6) is 5.75 Å². The van der Waals surface area contributed by atoms with Crippen molar-refractivity contribution in [1.82, 2.24) is 0 Å². The summed E-state index contributed by atoms with van der Waals surface area (Å²) >= 11 is 0. The van der Waals surface area contributed by atoms with Gasteiger partial charge in [0.1, 0.15) is 5.75 Å². The number of amides is 2. The standard InChI is InChI=1S/C20H22N2O5S/c1-12-5-4-6-15(7-12)21-19(23)9-14(3)28(25,26)18-10-17-16(8-13(18)2)22-20(24)11-27-17/h4-8,10,14H,9,11H2,1-3H3,(H,21,23)(H,22,24)/t14-/m1/s1. The summed E-state index contributed by atoms with van der Waals surface area (Å²) in [7, 11) is -3.77. The molecule has 8 heteroatoms. The molecule has 7 nitrogen and oxygen atoms in total. The second-order valence-corrected chi connectivity index (χ2v) is 9.26. The number of hydrogen-bond donors (Lipinski definition) is 2. The lowest BCUT2D eigenvalue weighted by molar-refractivity contribution is -0.118. The van der Waals surface area contributed by atoms with Crippen LogP contribution in [0.3, 0.4) is 0 Å². The van der Waals surface area contributed by atoms with Crippen molar-refractivity contribution in [3.05, 3.63) is 47.5 Å². The Kier molecular flexibility index (Phi) is 5.42. The van der Waals surface area contributed by atoms with Crippen LogP contribution in [0.15, 0.2) is 41.3 Å². The summed E-state index contributed by atoms with van der Waals surface area (Å²) in [5.74, 6) is -0.357. The Morgan fingerprint density at radius 1 is 1.25 bits per heavy atom. The molecule has 0 aliphatic carbocycles. The highest BCUT2D eigenvalue weighted by atomic mass is 32.2. The van der Waals surface area contributed by atoms with E-state index >= 15 is 0 Å². The van der Waals surface area contributed by atoms with Gasteiger partial charge in [-0.1, -0.05) is 12.1 Å². The number of sulfone groups is 1. The average molecular weight is 402 g/mol. The molecule has 1 atom stereocenters. The van der Waals surface area contributed by atoms with Crippen LogP contribution in [0, 0.1) is 13.8 Å². The number of benzene rings is 2. The van der Waals surface area contributed by atoms with Gasteiger partial charge in [0.25, 0.3) is 5.91 Å². The fourth-order valence-corrected chi connectivity index (χ4v) is 4.63. The van der Waals surface area contributed by atoms with E-state index < -0.39 is 15.1 Å². The minimum absolute atomic E-state index is 0.0956. The number of ether oxygens (including phenoxy) is 1. The van der Waals surface area contributed by atoms with Crippen LogP contribution in [0.4, 0.5) is 11.4 Å². The molecule has 0 saturated heterocycles. The van der Waals surface area contributed by atoms with Crippen molar-refractivity contribution in [2.24, 2.45) is 0 Å². The lowest BCUT2D eigenvalue weighted by Crippen LogP contribution is -2.27. The number of nitrogens with one attached hydrogen (secondary N) is 2. The molecule has 2 aromatic rings. The van der Waals surface area contributed by atoms with Crippen LogP contribution < -0.4 is 15.4 Å². The fraction of sp³-hybridized carbons (Fsp3) is 0.300. The largest absolute Gasteiger partial charge is 0.482 e. The molecule has 1 aliphatic rings. The molecule has 0 spiro atoms. The molecule has 148 valence electrons. The number of carbonyl (C=O) groups is 2. The van der Waals surface area contributed by atoms with Gasteiger partial charge in [-0.2, -0.15) is 0 Å². The molecule has 0 aromatic heterocycles. The molecule has 0 saturated carbocycles. The minimum atomic E-state index is -3.77. The van der Waals surface area contributed by atoms with Gasteiger partial charge in [-0.25, -0.2) is 8.42 Å². The first-order chi connectivity index (χ1) is 13.2. The van der Waals surface area contributed by atoms with E-state index in [1.54, 1.807) is 19.1 Å². The van der Waals surface area contributed by atoms with E-state index in [1.807, 2.05) is 25.1 Å². The van der Waals surface area contributed by atoms with E-state index in [1.165, 1.54) is 13.0 Å². The van der Waals surface area contributed by atoms with Crippen molar-refractivity contribution in [3.63, 3.8) is 0 Å². The monoisotopic (exact) mass is 402 g/mol. The summed E-state index contributed by atoms with van der Waals surface area (Å²) in [6, 6.07) is 10.3. The highest BCUT2D eigenvalue weighted by Crippen LogP contribution is 2.34. The molecule has 2 N–H and O–H groups in total. The maximum absolute atomic E-state index is 13.0. The minimum Gasteiger partial charge on any atom is -0.482 e. The molecule has 1 heterocycles. The zero-order valence-electron chi connectivity index (χ0n) is 15.9. The zero-order valence-corrected chi connectivity index (χ0v) is 16.7. The van der Waals surface area contributed by atoms with Gasteiger partial charge in [-0.05, 0) is 50.1 Å². The molecule has 28 heavy (non-hydrogen) atoms. The molecule has 1 aliphatic heterocycles. The van der Waals surface area contributed by atoms with Crippen LogP contribution in [0.25, 0.3) is 0 Å². The van der Waals surface area contributed by atoms with Crippen molar-refractivity contribution in [3.8, 4) is 5.75 Å². The number of aryl methyl sites for hydroxylation is 2. The van der Waals surface area contributed by atoms with Crippen LogP contribution in [0.2, 0.25) is 0 Å². The molecule has 0 unspecified atom stereocenters. The van der Waals surface area contributed by atoms with Gasteiger partial charge in [0.2, 0.25) is 5.91 Å². The van der Waals surface area contributed by atoms with Gasteiger partial charge in [0.05, 0.1) is 15.8 Å². The highest BCUT2D eigenvalue weighted by molar-refractivity contribution is 7.92. The summed E-state index contributed by atoms with van der Waals surface area (Å²) in [6.45, 7) is 4.90. The van der Waals surface area contributed by atoms with Gasteiger partial charge >= 0.3 is 0 Å². The molecule has 0 fully saturated rings. The molecule has 3 rings (SSSR count). The molecular formula is C20H22N2O5S. The van der Waals surface area contributed by atoms with E-state index in [-0.39, 0.29) is 29.7 Å². The Morgan fingerprint density at radius 3 is 2.71 bits per heavy atom. The quantitative estimate of drug-likeness (QED) is 0.801. The molecule has 0 bridgehead atoms. The second kappa shape index (κ2) is 7.63. The number of carbonyl (C=O) groups excluding carboxylic acids is 2. The third-order valence-corrected chi connectivity index (χ3v) is 6.80. The summed E-state index contributed by atoms with van der Waals surface area (Å²) in [4.78, 5) is 23.8. The number of fused-ring (bicyclic) bond motifs is 1. The van der Waals surface area contributed by atoms with Crippen molar-refractivity contribution >= 4 is 33.0 Å². The van der Waals surface area contributed by atoms with Gasteiger partial charge < -0.3 is 15.4 Å². The lowest BCUT2D eigenvalue weighted by Gasteiger charge is -2.21. The van der Waals surface area contributed by atoms with Crippen molar-refractivity contribution in [2.75, 3.05) is 17.2 Å². The Labute approximate surface area is 164 Å². The number of hydrogen-bond acceptors (Lipinski definition) is 5. The molecule has 2 amide bonds. The number of anilines is 2. The van der Waals surface area contributed by atoms with Crippen molar-refractivity contribution in [2.45, 2.75) is 37.3 Å². The predicted molar refractivity (Wildman–Crippen MR) is 106 cm³/mol. The van der Waals surface area contributed by atoms with Gasteiger partial charge in [-0.3, -0.25) is 9.59 Å². The SMILES string of the molecule is Cc1cccc(NC(=O)C[C@@H](C)S(=O)(=O)c2cc3c(cc2C)NC(=O)CO3)c1. The number of rotatable bonds is 5. The van der Waals surface area contributed by atoms with E-state index in [0.29, 0.717) is 22.7 Å². The Bertz CT molecular complexity index is 1050. The Hall–Kier alpha value is -2.87. The Balaban J connectivity index is 1.78. The first-order valence-electron chi connectivity index (χ1n) is 8.84. The first-order valence-corrected chi connectivity index (χ1v) is 10.4. The van der Waals surface area contributed by atoms with Gasteiger partial charge in [0, 0.05) is 18.2 Å². The van der Waals surface area contributed by atoms with Crippen molar-refractivity contribution < 1.29 is 22.7 Å². The van der Waals surface area contributed by atoms with Gasteiger partial charge in [0.15, 0.2) is 16.4 Å². The topological polar surface area (TPSA) is 102 Å². The lowest BCUT2D eigenvalue weighted by atomic mass is 10.2. The summed E-state index contributed by atoms with van der Waals surface area (Å²) < 4.78 is 31.4. The van der Waals surface area contributed by atoms with Crippen LogP contribution >= 0.6 is 0 Å². The normalized spacial score (nSPS) is 14.5. The van der Waals surface area contributed by atoms with Crippen molar-refractivity contribution in [1.29, 1.82) is 0 Å².